The molecule has 7 heteroatoms. The van der Waals surface area contributed by atoms with Crippen molar-refractivity contribution in [2.75, 3.05) is 34.0 Å². The zero-order chi connectivity index (χ0) is 23.8. The number of aliphatic hydroxyl groups is 1. The van der Waals surface area contributed by atoms with Gasteiger partial charge in [-0.2, -0.15) is 0 Å². The molecule has 184 valence electrons. The Balaban J connectivity index is 1.94. The highest BCUT2D eigenvalue weighted by Gasteiger charge is 2.40. The first-order valence-electron chi connectivity index (χ1n) is 12.3. The Bertz CT molecular complexity index is 804. The maximum Gasteiger partial charge on any atom is 0.328 e. The van der Waals surface area contributed by atoms with Crippen LogP contribution in [-0.4, -0.2) is 61.9 Å². The van der Waals surface area contributed by atoms with Gasteiger partial charge in [-0.3, -0.25) is 4.79 Å². The summed E-state index contributed by atoms with van der Waals surface area (Å²) in [6.07, 6.45) is 8.24. The van der Waals surface area contributed by atoms with Gasteiger partial charge in [-0.15, -0.1) is 0 Å². The number of methoxy groups -OCH3 is 2. The van der Waals surface area contributed by atoms with Gasteiger partial charge in [0, 0.05) is 19.6 Å². The second-order valence-electron chi connectivity index (χ2n) is 9.24. The Morgan fingerprint density at radius 1 is 1.06 bits per heavy atom. The van der Waals surface area contributed by atoms with E-state index in [9.17, 15) is 9.59 Å². The van der Waals surface area contributed by atoms with Crippen molar-refractivity contribution in [3.8, 4) is 11.5 Å². The predicted molar refractivity (Wildman–Crippen MR) is 126 cm³/mol. The molecular weight excluding hydrogens is 422 g/mol. The summed E-state index contributed by atoms with van der Waals surface area (Å²) in [6.45, 7) is 2.68. The SMILES string of the molecule is COc1cc([C@@H](C(=O)N2CCCC[C@H]2C(=O)OCCCO)C2CCCCC2)cc(C)c1OC. The molecule has 1 aliphatic heterocycles. The predicted octanol–water partition coefficient (Wildman–Crippen LogP) is 3.98. The minimum Gasteiger partial charge on any atom is -0.493 e. The van der Waals surface area contributed by atoms with Crippen LogP contribution in [0.25, 0.3) is 0 Å². The molecule has 33 heavy (non-hydrogen) atoms. The molecule has 1 saturated heterocycles. The van der Waals surface area contributed by atoms with Crippen LogP contribution in [0.2, 0.25) is 0 Å². The molecule has 1 aromatic rings. The Labute approximate surface area is 197 Å². The van der Waals surface area contributed by atoms with Crippen LogP contribution in [0.5, 0.6) is 11.5 Å². The van der Waals surface area contributed by atoms with Crippen molar-refractivity contribution in [2.45, 2.75) is 76.7 Å². The normalized spacial score (nSPS) is 20.2. The lowest BCUT2D eigenvalue weighted by atomic mass is 9.75. The fraction of sp³-hybridized carbons (Fsp3) is 0.692. The van der Waals surface area contributed by atoms with E-state index in [1.54, 1.807) is 19.1 Å². The lowest BCUT2D eigenvalue weighted by molar-refractivity contribution is -0.158. The monoisotopic (exact) mass is 461 g/mol. The summed E-state index contributed by atoms with van der Waals surface area (Å²) < 4.78 is 16.5. The Morgan fingerprint density at radius 3 is 2.45 bits per heavy atom. The number of amides is 1. The fourth-order valence-electron chi connectivity index (χ4n) is 5.40. The van der Waals surface area contributed by atoms with Crippen molar-refractivity contribution in [3.63, 3.8) is 0 Å². The Morgan fingerprint density at radius 2 is 1.79 bits per heavy atom. The van der Waals surface area contributed by atoms with Gasteiger partial charge >= 0.3 is 5.97 Å². The van der Waals surface area contributed by atoms with Crippen LogP contribution in [0.1, 0.15) is 74.8 Å². The van der Waals surface area contributed by atoms with Gasteiger partial charge in [-0.05, 0) is 62.1 Å². The van der Waals surface area contributed by atoms with E-state index in [1.165, 1.54) is 6.42 Å². The number of carbonyl (C=O) groups is 2. The summed E-state index contributed by atoms with van der Waals surface area (Å²) in [7, 11) is 3.23. The summed E-state index contributed by atoms with van der Waals surface area (Å²) in [6, 6.07) is 3.41. The van der Waals surface area contributed by atoms with Crippen molar-refractivity contribution in [2.24, 2.45) is 5.92 Å². The Kier molecular flexibility index (Phi) is 9.41. The van der Waals surface area contributed by atoms with Gasteiger partial charge < -0.3 is 24.2 Å². The molecule has 0 bridgehead atoms. The minimum absolute atomic E-state index is 0.0114. The molecule has 7 nitrogen and oxygen atoms in total. The fourth-order valence-corrected chi connectivity index (χ4v) is 5.40. The number of nitrogens with zero attached hydrogens (tertiary/aromatic N) is 1. The summed E-state index contributed by atoms with van der Waals surface area (Å²) in [5, 5.41) is 9.00. The highest BCUT2D eigenvalue weighted by Crippen LogP contribution is 2.42. The highest BCUT2D eigenvalue weighted by atomic mass is 16.5. The molecule has 2 atom stereocenters. The number of rotatable bonds is 9. The molecule has 0 aromatic heterocycles. The smallest absolute Gasteiger partial charge is 0.328 e. The quantitative estimate of drug-likeness (QED) is 0.442. The second-order valence-corrected chi connectivity index (χ2v) is 9.24. The number of aliphatic hydroxyl groups excluding tert-OH is 1. The Hall–Kier alpha value is -2.28. The van der Waals surface area contributed by atoms with E-state index in [4.69, 9.17) is 19.3 Å². The van der Waals surface area contributed by atoms with Gasteiger partial charge in [0.15, 0.2) is 11.5 Å². The van der Waals surface area contributed by atoms with Crippen LogP contribution in [0.3, 0.4) is 0 Å². The van der Waals surface area contributed by atoms with E-state index in [2.05, 4.69) is 0 Å². The average Bonchev–Trinajstić information content (AvgIpc) is 2.84. The topological polar surface area (TPSA) is 85.3 Å². The lowest BCUT2D eigenvalue weighted by Gasteiger charge is -2.39. The molecule has 1 heterocycles. The van der Waals surface area contributed by atoms with E-state index < -0.39 is 6.04 Å². The largest absolute Gasteiger partial charge is 0.493 e. The number of ether oxygens (including phenoxy) is 3. The van der Waals surface area contributed by atoms with Gasteiger partial charge in [0.1, 0.15) is 6.04 Å². The maximum absolute atomic E-state index is 14.1. The van der Waals surface area contributed by atoms with Gasteiger partial charge in [-0.25, -0.2) is 4.79 Å². The van der Waals surface area contributed by atoms with E-state index in [0.29, 0.717) is 30.9 Å². The van der Waals surface area contributed by atoms with Crippen molar-refractivity contribution in [3.05, 3.63) is 23.3 Å². The van der Waals surface area contributed by atoms with Gasteiger partial charge in [-0.1, -0.05) is 25.3 Å². The van der Waals surface area contributed by atoms with Crippen molar-refractivity contribution in [1.29, 1.82) is 0 Å². The number of piperidine rings is 1. The molecular formula is C26H39NO6. The number of likely N-dealkylation sites (tertiary alicyclic amines) is 1. The first-order chi connectivity index (χ1) is 16.0. The van der Waals surface area contributed by atoms with E-state index >= 15 is 0 Å². The highest BCUT2D eigenvalue weighted by molar-refractivity contribution is 5.89. The zero-order valence-corrected chi connectivity index (χ0v) is 20.3. The van der Waals surface area contributed by atoms with Gasteiger partial charge in [0.2, 0.25) is 5.91 Å². The van der Waals surface area contributed by atoms with Crippen molar-refractivity contribution in [1.82, 2.24) is 4.90 Å². The first-order valence-corrected chi connectivity index (χ1v) is 12.3. The summed E-state index contributed by atoms with van der Waals surface area (Å²) in [5.74, 6) is 0.866. The number of carbonyl (C=O) groups excluding carboxylic acids is 2. The third kappa shape index (κ3) is 5.99. The molecule has 2 fully saturated rings. The molecule has 3 rings (SSSR count). The van der Waals surface area contributed by atoms with Gasteiger partial charge in [0.25, 0.3) is 0 Å². The summed E-state index contributed by atoms with van der Waals surface area (Å²) in [4.78, 5) is 28.7. The van der Waals surface area contributed by atoms with E-state index in [1.807, 2.05) is 19.1 Å². The van der Waals surface area contributed by atoms with Crippen LogP contribution >= 0.6 is 0 Å². The molecule has 1 amide bonds. The van der Waals surface area contributed by atoms with Crippen LogP contribution < -0.4 is 9.47 Å². The number of benzene rings is 1. The van der Waals surface area contributed by atoms with Crippen LogP contribution in [-0.2, 0) is 14.3 Å². The minimum atomic E-state index is -0.558. The number of esters is 1. The molecule has 2 aliphatic rings. The first kappa shape index (κ1) is 25.3. The van der Waals surface area contributed by atoms with Crippen LogP contribution in [0.4, 0.5) is 0 Å². The number of aryl methyl sites for hydroxylation is 1. The summed E-state index contributed by atoms with van der Waals surface area (Å²) in [5.41, 5.74) is 1.86. The maximum atomic E-state index is 14.1. The van der Waals surface area contributed by atoms with Crippen LogP contribution in [0, 0.1) is 12.8 Å². The van der Waals surface area contributed by atoms with E-state index in [-0.39, 0.29) is 36.9 Å². The third-order valence-electron chi connectivity index (χ3n) is 7.04. The third-order valence-corrected chi connectivity index (χ3v) is 7.04. The average molecular weight is 462 g/mol. The number of hydrogen-bond donors (Lipinski definition) is 1. The zero-order valence-electron chi connectivity index (χ0n) is 20.3. The second kappa shape index (κ2) is 12.3. The summed E-state index contributed by atoms with van der Waals surface area (Å²) >= 11 is 0. The van der Waals surface area contributed by atoms with Crippen molar-refractivity contribution < 1.29 is 28.9 Å². The molecule has 1 aromatic carbocycles. The molecule has 0 radical (unpaired) electrons. The molecule has 1 N–H and O–H groups in total. The molecule has 1 saturated carbocycles. The standard InChI is InChI=1S/C26H39NO6/c1-18-16-20(17-22(31-2)24(18)32-3)23(19-10-5-4-6-11-19)25(29)27-13-8-7-12-21(27)26(30)33-15-9-14-28/h16-17,19,21,23,28H,4-15H2,1-3H3/t21-,23-/m0/s1. The molecule has 0 spiro atoms. The molecule has 1 aliphatic carbocycles. The van der Waals surface area contributed by atoms with Crippen LogP contribution in [0.15, 0.2) is 12.1 Å². The van der Waals surface area contributed by atoms with Gasteiger partial charge in [0.05, 0.1) is 26.7 Å². The molecule has 0 unspecified atom stereocenters. The van der Waals surface area contributed by atoms with Crippen molar-refractivity contribution >= 4 is 11.9 Å². The van der Waals surface area contributed by atoms with E-state index in [0.717, 1.165) is 49.7 Å². The number of hydrogen-bond acceptors (Lipinski definition) is 6. The lowest BCUT2D eigenvalue weighted by Crippen LogP contribution is -2.51.